The fourth-order valence-corrected chi connectivity index (χ4v) is 3.93. The maximum absolute atomic E-state index is 6.23. The molecule has 6 heteroatoms. The summed E-state index contributed by atoms with van der Waals surface area (Å²) in [5.41, 5.74) is 2.55. The van der Waals surface area contributed by atoms with Gasteiger partial charge in [-0.15, -0.1) is 0 Å². The van der Waals surface area contributed by atoms with Crippen LogP contribution in [0.2, 0.25) is 5.15 Å². The van der Waals surface area contributed by atoms with Crippen LogP contribution in [-0.4, -0.2) is 41.1 Å². The van der Waals surface area contributed by atoms with Gasteiger partial charge in [0.1, 0.15) is 16.8 Å². The lowest BCUT2D eigenvalue weighted by atomic mass is 10.1. The minimum atomic E-state index is 0.541. The number of H-pyrrole nitrogens is 1. The molecule has 2 N–H and O–H groups in total. The molecule has 4 rings (SSSR count). The third-order valence-electron chi connectivity index (χ3n) is 5.18. The number of hydrogen-bond acceptors (Lipinski definition) is 4. The maximum Gasteiger partial charge on any atom is 0.134 e. The molecule has 0 saturated carbocycles. The van der Waals surface area contributed by atoms with Crippen molar-refractivity contribution >= 4 is 28.3 Å². The molecule has 0 radical (unpaired) electrons. The average molecular weight is 384 g/mol. The monoisotopic (exact) mass is 383 g/mol. The van der Waals surface area contributed by atoms with Gasteiger partial charge in [-0.05, 0) is 43.9 Å². The predicted octanol–water partition coefficient (Wildman–Crippen LogP) is 3.98. The molecule has 3 heterocycles. The molecular formula is C21H26ClN5. The largest absolute Gasteiger partial charge is 0.361 e. The minimum Gasteiger partial charge on any atom is -0.361 e. The van der Waals surface area contributed by atoms with Gasteiger partial charge in [0.05, 0.1) is 0 Å². The normalized spacial score (nSPS) is 14.8. The van der Waals surface area contributed by atoms with E-state index in [9.17, 15) is 0 Å². The van der Waals surface area contributed by atoms with E-state index in [2.05, 4.69) is 50.6 Å². The topological polar surface area (TPSA) is 56.8 Å². The van der Waals surface area contributed by atoms with Crippen molar-refractivity contribution in [2.24, 2.45) is 0 Å². The Bertz CT molecular complexity index is 885. The van der Waals surface area contributed by atoms with Crippen molar-refractivity contribution in [1.29, 1.82) is 0 Å². The molecule has 0 unspecified atom stereocenters. The van der Waals surface area contributed by atoms with E-state index in [1.165, 1.54) is 35.7 Å². The van der Waals surface area contributed by atoms with Crippen LogP contribution < -0.4 is 10.2 Å². The molecule has 27 heavy (non-hydrogen) atoms. The highest BCUT2D eigenvalue weighted by Gasteiger charge is 2.14. The van der Waals surface area contributed by atoms with Gasteiger partial charge < -0.3 is 15.2 Å². The minimum absolute atomic E-state index is 0.541. The van der Waals surface area contributed by atoms with Crippen LogP contribution in [0.4, 0.5) is 5.82 Å². The number of halogens is 1. The van der Waals surface area contributed by atoms with Crippen molar-refractivity contribution in [3.8, 4) is 0 Å². The van der Waals surface area contributed by atoms with Crippen molar-refractivity contribution in [3.05, 3.63) is 53.1 Å². The van der Waals surface area contributed by atoms with Crippen LogP contribution in [-0.2, 0) is 12.8 Å². The highest BCUT2D eigenvalue weighted by molar-refractivity contribution is 6.29. The van der Waals surface area contributed by atoms with E-state index < -0.39 is 0 Å². The number of aromatic nitrogens is 3. The molecule has 1 aliphatic rings. The lowest BCUT2D eigenvalue weighted by Gasteiger charge is -2.27. The van der Waals surface area contributed by atoms with Crippen LogP contribution >= 0.6 is 11.6 Å². The van der Waals surface area contributed by atoms with E-state index in [1.807, 2.05) is 6.07 Å². The van der Waals surface area contributed by atoms with Crippen molar-refractivity contribution < 1.29 is 0 Å². The number of nitrogens with zero attached hydrogens (tertiary/aromatic N) is 3. The molecule has 0 aliphatic carbocycles. The molecular weight excluding hydrogens is 358 g/mol. The molecule has 0 atom stereocenters. The van der Waals surface area contributed by atoms with Gasteiger partial charge in [-0.25, -0.2) is 9.97 Å². The second kappa shape index (κ2) is 8.72. The number of aromatic amines is 1. The smallest absolute Gasteiger partial charge is 0.134 e. The first kappa shape index (κ1) is 18.3. The molecule has 1 aliphatic heterocycles. The molecule has 5 nitrogen and oxygen atoms in total. The van der Waals surface area contributed by atoms with Crippen molar-refractivity contribution in [2.75, 3.05) is 31.1 Å². The summed E-state index contributed by atoms with van der Waals surface area (Å²) in [6.07, 6.45) is 7.66. The Hall–Kier alpha value is -2.11. The number of benzene rings is 1. The third-order valence-corrected chi connectivity index (χ3v) is 5.37. The van der Waals surface area contributed by atoms with Gasteiger partial charge in [0, 0.05) is 49.2 Å². The van der Waals surface area contributed by atoms with Crippen molar-refractivity contribution in [3.63, 3.8) is 0 Å². The van der Waals surface area contributed by atoms with Gasteiger partial charge in [0.15, 0.2) is 0 Å². The Labute approximate surface area is 165 Å². The van der Waals surface area contributed by atoms with Crippen molar-refractivity contribution in [2.45, 2.75) is 32.1 Å². The first-order chi connectivity index (χ1) is 13.3. The number of piperidine rings is 1. The summed E-state index contributed by atoms with van der Waals surface area (Å²) in [6, 6.07) is 10.3. The zero-order chi connectivity index (χ0) is 18.5. The maximum atomic E-state index is 6.23. The quantitative estimate of drug-likeness (QED) is 0.478. The molecule has 3 aromatic rings. The third kappa shape index (κ3) is 4.60. The Kier molecular flexibility index (Phi) is 5.90. The first-order valence-corrected chi connectivity index (χ1v) is 10.2. The molecule has 1 fully saturated rings. The SMILES string of the molecule is Clc1cc(N2CCCCC2)nc(CCNCCc2c[nH]c3ccccc23)n1. The predicted molar refractivity (Wildman–Crippen MR) is 112 cm³/mol. The molecule has 1 aromatic carbocycles. The summed E-state index contributed by atoms with van der Waals surface area (Å²) in [4.78, 5) is 14.8. The lowest BCUT2D eigenvalue weighted by molar-refractivity contribution is 0.571. The summed E-state index contributed by atoms with van der Waals surface area (Å²) in [5, 5.41) is 5.35. The molecule has 0 bridgehead atoms. The molecule has 0 spiro atoms. The Balaban J connectivity index is 1.28. The number of rotatable bonds is 7. The number of hydrogen-bond donors (Lipinski definition) is 2. The Morgan fingerprint density at radius 1 is 1.04 bits per heavy atom. The second-order valence-corrected chi connectivity index (χ2v) is 7.51. The van der Waals surface area contributed by atoms with Crippen LogP contribution in [0.25, 0.3) is 10.9 Å². The van der Waals surface area contributed by atoms with Crippen LogP contribution in [0, 0.1) is 0 Å². The van der Waals surface area contributed by atoms with Crippen LogP contribution in [0.3, 0.4) is 0 Å². The zero-order valence-corrected chi connectivity index (χ0v) is 16.3. The number of para-hydroxylation sites is 1. The number of nitrogens with one attached hydrogen (secondary N) is 2. The summed E-state index contributed by atoms with van der Waals surface area (Å²) in [7, 11) is 0. The molecule has 142 valence electrons. The molecule has 1 saturated heterocycles. The van der Waals surface area contributed by atoms with E-state index in [-0.39, 0.29) is 0 Å². The standard InChI is InChI=1S/C21H26ClN5/c22-19-14-21(27-12-4-1-5-13-27)26-20(25-19)9-11-23-10-8-16-15-24-18-7-3-2-6-17(16)18/h2-3,6-7,14-15,23-24H,1,4-5,8-13H2. The van der Waals surface area contributed by atoms with E-state index in [1.54, 1.807) is 0 Å². The van der Waals surface area contributed by atoms with Gasteiger partial charge in [-0.2, -0.15) is 0 Å². The lowest BCUT2D eigenvalue weighted by Crippen LogP contribution is -2.30. The van der Waals surface area contributed by atoms with Crippen molar-refractivity contribution in [1.82, 2.24) is 20.3 Å². The van der Waals surface area contributed by atoms with Gasteiger partial charge in [-0.3, -0.25) is 0 Å². The fraction of sp³-hybridized carbons (Fsp3) is 0.429. The van der Waals surface area contributed by atoms with Gasteiger partial charge in [0.25, 0.3) is 0 Å². The summed E-state index contributed by atoms with van der Waals surface area (Å²) in [5.74, 6) is 1.80. The second-order valence-electron chi connectivity index (χ2n) is 7.12. The van der Waals surface area contributed by atoms with Gasteiger partial charge >= 0.3 is 0 Å². The summed E-state index contributed by atoms with van der Waals surface area (Å²) in [6.45, 7) is 3.91. The molecule has 2 aromatic heterocycles. The van der Waals surface area contributed by atoms with Gasteiger partial charge in [0.2, 0.25) is 0 Å². The summed E-state index contributed by atoms with van der Waals surface area (Å²) < 4.78 is 0. The Morgan fingerprint density at radius 2 is 1.85 bits per heavy atom. The number of fused-ring (bicyclic) bond motifs is 1. The van der Waals surface area contributed by atoms with Gasteiger partial charge in [-0.1, -0.05) is 29.8 Å². The van der Waals surface area contributed by atoms with E-state index >= 15 is 0 Å². The Morgan fingerprint density at radius 3 is 2.74 bits per heavy atom. The van der Waals surface area contributed by atoms with E-state index in [4.69, 9.17) is 16.6 Å². The van der Waals surface area contributed by atoms with Crippen LogP contribution in [0.5, 0.6) is 0 Å². The fourth-order valence-electron chi connectivity index (χ4n) is 3.74. The number of anilines is 1. The zero-order valence-electron chi connectivity index (χ0n) is 15.5. The summed E-state index contributed by atoms with van der Waals surface area (Å²) >= 11 is 6.23. The first-order valence-electron chi connectivity index (χ1n) is 9.84. The van der Waals surface area contributed by atoms with Crippen LogP contribution in [0.1, 0.15) is 30.7 Å². The van der Waals surface area contributed by atoms with E-state index in [0.717, 1.165) is 50.7 Å². The average Bonchev–Trinajstić information content (AvgIpc) is 3.11. The van der Waals surface area contributed by atoms with Crippen LogP contribution in [0.15, 0.2) is 36.5 Å². The van der Waals surface area contributed by atoms with E-state index in [0.29, 0.717) is 5.15 Å². The highest BCUT2D eigenvalue weighted by Crippen LogP contribution is 2.20. The highest BCUT2D eigenvalue weighted by atomic mass is 35.5. The molecule has 0 amide bonds.